The number of hydrogen-bond donors (Lipinski definition) is 1. The van der Waals surface area contributed by atoms with Crippen LogP contribution < -0.4 is 9.47 Å². The number of hydrogen-bond acceptors (Lipinski definition) is 6. The molecule has 1 N–H and O–H groups in total. The van der Waals surface area contributed by atoms with Crippen molar-refractivity contribution in [1.29, 1.82) is 0 Å². The molecule has 2 aliphatic heterocycles. The SMILES string of the molecule is CC(C)(C)c1ccc(C2C(C(=O)c3cccs3)=C(O)C(=O)N2Cc2ccc3c(c2)OCO3)cc1. The fourth-order valence-corrected chi connectivity index (χ4v) is 5.02. The number of thiophene rings is 1. The van der Waals surface area contributed by atoms with Crippen molar-refractivity contribution in [2.75, 3.05) is 6.79 Å². The third-order valence-corrected chi connectivity index (χ3v) is 7.04. The Kier molecular flexibility index (Phi) is 5.44. The van der Waals surface area contributed by atoms with Crippen LogP contribution in [0.1, 0.15) is 53.2 Å². The zero-order valence-corrected chi connectivity index (χ0v) is 20.0. The highest BCUT2D eigenvalue weighted by atomic mass is 32.1. The van der Waals surface area contributed by atoms with E-state index in [4.69, 9.17) is 9.47 Å². The Morgan fingerprint density at radius 3 is 2.50 bits per heavy atom. The van der Waals surface area contributed by atoms with E-state index in [-0.39, 0.29) is 30.1 Å². The van der Waals surface area contributed by atoms with Gasteiger partial charge in [0.05, 0.1) is 16.5 Å². The van der Waals surface area contributed by atoms with Crippen LogP contribution in [-0.4, -0.2) is 28.5 Å². The number of nitrogens with zero attached hydrogens (tertiary/aromatic N) is 1. The fourth-order valence-electron chi connectivity index (χ4n) is 4.34. The molecule has 34 heavy (non-hydrogen) atoms. The van der Waals surface area contributed by atoms with Gasteiger partial charge in [-0.05, 0) is 45.7 Å². The second-order valence-corrected chi connectivity index (χ2v) is 10.4. The first kappa shape index (κ1) is 22.2. The summed E-state index contributed by atoms with van der Waals surface area (Å²) in [5, 5.41) is 12.7. The molecule has 3 aromatic rings. The highest BCUT2D eigenvalue weighted by Gasteiger charge is 2.44. The van der Waals surface area contributed by atoms with Crippen molar-refractivity contribution in [2.45, 2.75) is 38.8 Å². The van der Waals surface area contributed by atoms with Crippen LogP contribution in [0.25, 0.3) is 0 Å². The van der Waals surface area contributed by atoms with E-state index in [1.807, 2.05) is 36.4 Å². The standard InChI is InChI=1S/C27H25NO5S/c1-27(2,3)18-9-7-17(8-10-18)23-22(24(29)21-5-4-12-34-21)25(30)26(31)28(23)14-16-6-11-19-20(13-16)33-15-32-19/h4-13,23,30H,14-15H2,1-3H3. The number of Topliss-reactive ketones (excluding diaryl/α,β-unsaturated/α-hetero) is 1. The van der Waals surface area contributed by atoms with Crippen LogP contribution >= 0.6 is 11.3 Å². The summed E-state index contributed by atoms with van der Waals surface area (Å²) in [6.07, 6.45) is 0. The summed E-state index contributed by atoms with van der Waals surface area (Å²) in [6.45, 7) is 6.75. The first-order valence-electron chi connectivity index (χ1n) is 11.1. The van der Waals surface area contributed by atoms with E-state index in [2.05, 4.69) is 20.8 Å². The minimum absolute atomic E-state index is 0.0379. The molecule has 1 amide bonds. The van der Waals surface area contributed by atoms with Crippen LogP contribution in [0.5, 0.6) is 11.5 Å². The molecule has 2 aromatic carbocycles. The summed E-state index contributed by atoms with van der Waals surface area (Å²) in [5.74, 6) is -0.131. The lowest BCUT2D eigenvalue weighted by Crippen LogP contribution is -2.30. The number of ether oxygens (including phenoxy) is 2. The predicted molar refractivity (Wildman–Crippen MR) is 129 cm³/mol. The average molecular weight is 476 g/mol. The van der Waals surface area contributed by atoms with Crippen molar-refractivity contribution < 1.29 is 24.2 Å². The Balaban J connectivity index is 1.56. The molecule has 5 rings (SSSR count). The van der Waals surface area contributed by atoms with E-state index < -0.39 is 17.7 Å². The summed E-state index contributed by atoms with van der Waals surface area (Å²) in [7, 11) is 0. The molecule has 7 heteroatoms. The van der Waals surface area contributed by atoms with Crippen molar-refractivity contribution in [1.82, 2.24) is 4.90 Å². The fraction of sp³-hybridized carbons (Fsp3) is 0.259. The van der Waals surface area contributed by atoms with Crippen molar-refractivity contribution in [3.63, 3.8) is 0 Å². The number of benzene rings is 2. The molecule has 6 nitrogen and oxygen atoms in total. The zero-order valence-electron chi connectivity index (χ0n) is 19.2. The molecule has 2 aliphatic rings. The lowest BCUT2D eigenvalue weighted by molar-refractivity contribution is -0.130. The van der Waals surface area contributed by atoms with Gasteiger partial charge < -0.3 is 19.5 Å². The summed E-state index contributed by atoms with van der Waals surface area (Å²) < 4.78 is 10.9. The Hall–Kier alpha value is -3.58. The Labute approximate surface area is 202 Å². The molecule has 174 valence electrons. The number of carbonyl (C=O) groups is 2. The average Bonchev–Trinajstić information content (AvgIpc) is 3.55. The van der Waals surface area contributed by atoms with Gasteiger partial charge in [-0.15, -0.1) is 11.3 Å². The van der Waals surface area contributed by atoms with E-state index in [9.17, 15) is 14.7 Å². The van der Waals surface area contributed by atoms with Gasteiger partial charge in [0.15, 0.2) is 17.3 Å². The second-order valence-electron chi connectivity index (χ2n) is 9.46. The summed E-state index contributed by atoms with van der Waals surface area (Å²) >= 11 is 1.29. The van der Waals surface area contributed by atoms with Crippen LogP contribution in [0.3, 0.4) is 0 Å². The van der Waals surface area contributed by atoms with Crippen molar-refractivity contribution in [2.24, 2.45) is 0 Å². The maximum absolute atomic E-state index is 13.4. The first-order valence-corrected chi connectivity index (χ1v) is 11.9. The van der Waals surface area contributed by atoms with Gasteiger partial charge in [-0.2, -0.15) is 0 Å². The molecule has 0 bridgehead atoms. The number of fused-ring (bicyclic) bond motifs is 1. The summed E-state index contributed by atoms with van der Waals surface area (Å²) in [5.41, 5.74) is 2.79. The van der Waals surface area contributed by atoms with E-state index in [0.717, 1.165) is 16.7 Å². The van der Waals surface area contributed by atoms with Crippen LogP contribution in [0, 0.1) is 0 Å². The number of ketones is 1. The predicted octanol–water partition coefficient (Wildman–Crippen LogP) is 5.55. The molecule has 0 fully saturated rings. The Bertz CT molecular complexity index is 1290. The normalized spacial score (nSPS) is 17.6. The third-order valence-electron chi connectivity index (χ3n) is 6.18. The first-order chi connectivity index (χ1) is 16.2. The summed E-state index contributed by atoms with van der Waals surface area (Å²) in [4.78, 5) is 28.7. The van der Waals surface area contributed by atoms with Crippen LogP contribution in [0.2, 0.25) is 0 Å². The summed E-state index contributed by atoms with van der Waals surface area (Å²) in [6, 6.07) is 16.2. The molecule has 0 radical (unpaired) electrons. The van der Waals surface area contributed by atoms with Gasteiger partial charge in [-0.25, -0.2) is 0 Å². The van der Waals surface area contributed by atoms with Gasteiger partial charge in [0.25, 0.3) is 5.91 Å². The highest BCUT2D eigenvalue weighted by molar-refractivity contribution is 7.12. The smallest absolute Gasteiger partial charge is 0.290 e. The lowest BCUT2D eigenvalue weighted by Gasteiger charge is -2.28. The van der Waals surface area contributed by atoms with Crippen molar-refractivity contribution in [3.8, 4) is 11.5 Å². The molecule has 0 saturated carbocycles. The minimum atomic E-state index is -0.707. The number of aliphatic hydroxyl groups is 1. The third kappa shape index (κ3) is 3.86. The molecule has 0 spiro atoms. The minimum Gasteiger partial charge on any atom is -0.503 e. The van der Waals surface area contributed by atoms with Gasteiger partial charge in [-0.1, -0.05) is 57.2 Å². The number of amides is 1. The van der Waals surface area contributed by atoms with Gasteiger partial charge in [0.1, 0.15) is 0 Å². The molecule has 0 aliphatic carbocycles. The van der Waals surface area contributed by atoms with Crippen LogP contribution in [0.15, 0.2) is 71.3 Å². The van der Waals surface area contributed by atoms with Crippen LogP contribution in [0.4, 0.5) is 0 Å². The van der Waals surface area contributed by atoms with Crippen molar-refractivity contribution >= 4 is 23.0 Å². The second kappa shape index (κ2) is 8.33. The lowest BCUT2D eigenvalue weighted by atomic mass is 9.85. The molecule has 1 unspecified atom stereocenters. The number of aliphatic hydroxyl groups excluding tert-OH is 1. The zero-order chi connectivity index (χ0) is 24.0. The van der Waals surface area contributed by atoms with E-state index in [1.165, 1.54) is 11.3 Å². The molecule has 1 atom stereocenters. The van der Waals surface area contributed by atoms with Gasteiger partial charge in [0.2, 0.25) is 12.6 Å². The maximum atomic E-state index is 13.4. The highest BCUT2D eigenvalue weighted by Crippen LogP contribution is 2.42. The Morgan fingerprint density at radius 1 is 1.09 bits per heavy atom. The largest absolute Gasteiger partial charge is 0.503 e. The van der Waals surface area contributed by atoms with Crippen molar-refractivity contribution in [3.05, 3.63) is 92.9 Å². The van der Waals surface area contributed by atoms with Gasteiger partial charge >= 0.3 is 0 Å². The number of carbonyl (C=O) groups excluding carboxylic acids is 2. The van der Waals surface area contributed by atoms with Gasteiger partial charge in [-0.3, -0.25) is 9.59 Å². The number of rotatable bonds is 5. The molecular weight excluding hydrogens is 450 g/mol. The topological polar surface area (TPSA) is 76.1 Å². The molecule has 3 heterocycles. The van der Waals surface area contributed by atoms with E-state index in [0.29, 0.717) is 16.4 Å². The molecular formula is C27H25NO5S. The van der Waals surface area contributed by atoms with Gasteiger partial charge in [0, 0.05) is 6.54 Å². The molecule has 0 saturated heterocycles. The molecule has 1 aromatic heterocycles. The van der Waals surface area contributed by atoms with E-state index >= 15 is 0 Å². The Morgan fingerprint density at radius 2 is 1.82 bits per heavy atom. The monoisotopic (exact) mass is 475 g/mol. The van der Waals surface area contributed by atoms with E-state index in [1.54, 1.807) is 28.5 Å². The van der Waals surface area contributed by atoms with Crippen LogP contribution in [-0.2, 0) is 16.8 Å². The quantitative estimate of drug-likeness (QED) is 0.490. The maximum Gasteiger partial charge on any atom is 0.290 e.